The summed E-state index contributed by atoms with van der Waals surface area (Å²) < 4.78 is 6.00. The van der Waals surface area contributed by atoms with E-state index in [2.05, 4.69) is 16.3 Å². The lowest BCUT2D eigenvalue weighted by Crippen LogP contribution is -2.55. The summed E-state index contributed by atoms with van der Waals surface area (Å²) >= 11 is 1.65. The second-order valence-corrected chi connectivity index (χ2v) is 7.92. The van der Waals surface area contributed by atoms with Crippen molar-refractivity contribution in [2.24, 2.45) is 5.92 Å². The van der Waals surface area contributed by atoms with Gasteiger partial charge in [-0.3, -0.25) is 4.79 Å². The van der Waals surface area contributed by atoms with Gasteiger partial charge in [-0.25, -0.2) is 9.78 Å². The Labute approximate surface area is 157 Å². The fraction of sp³-hybridized carbons (Fsp3) is 0.526. The van der Waals surface area contributed by atoms with Gasteiger partial charge in [0.05, 0.1) is 23.2 Å². The molecule has 2 atom stereocenters. The average molecular weight is 375 g/mol. The molecule has 26 heavy (non-hydrogen) atoms. The maximum absolute atomic E-state index is 12.8. The van der Waals surface area contributed by atoms with E-state index in [4.69, 9.17) is 9.72 Å². The normalized spacial score (nSPS) is 19.8. The van der Waals surface area contributed by atoms with Gasteiger partial charge < -0.3 is 15.0 Å². The molecule has 1 aromatic carbocycles. The molecule has 1 fully saturated rings. The first kappa shape index (κ1) is 18.6. The van der Waals surface area contributed by atoms with Gasteiger partial charge in [0.25, 0.3) is 0 Å². The van der Waals surface area contributed by atoms with E-state index in [1.165, 1.54) is 7.11 Å². The number of hydrogen-bond donors (Lipinski definition) is 1. The maximum atomic E-state index is 12.8. The average Bonchev–Trinajstić information content (AvgIpc) is 3.11. The number of carbonyl (C=O) groups excluding carboxylic acids is 2. The number of carbonyl (C=O) groups is 2. The van der Waals surface area contributed by atoms with Gasteiger partial charge in [0.1, 0.15) is 5.54 Å². The Morgan fingerprint density at radius 1 is 1.42 bits per heavy atom. The summed E-state index contributed by atoms with van der Waals surface area (Å²) in [6, 6.07) is 8.06. The van der Waals surface area contributed by atoms with Crippen LogP contribution in [0.25, 0.3) is 10.2 Å². The summed E-state index contributed by atoms with van der Waals surface area (Å²) in [6.07, 6.45) is 2.23. The zero-order valence-corrected chi connectivity index (χ0v) is 16.3. The summed E-state index contributed by atoms with van der Waals surface area (Å²) in [5.41, 5.74) is 0.00702. The van der Waals surface area contributed by atoms with Gasteiger partial charge in [0.2, 0.25) is 5.91 Å². The standard InChI is InChI=1S/C19H25N3O3S/c1-4-19(2,17(24)25-3)21-16(23)13-8-7-11-22(12-13)18-20-14-9-5-6-10-15(14)26-18/h5-6,9-10,13H,4,7-8,11-12H2,1-3H3,(H,21,23). The largest absolute Gasteiger partial charge is 0.467 e. The van der Waals surface area contributed by atoms with E-state index in [9.17, 15) is 9.59 Å². The molecule has 6 nitrogen and oxygen atoms in total. The highest BCUT2D eigenvalue weighted by Gasteiger charge is 2.37. The fourth-order valence-corrected chi connectivity index (χ4v) is 4.24. The molecule has 1 aliphatic heterocycles. The van der Waals surface area contributed by atoms with Crippen LogP contribution in [0.1, 0.15) is 33.1 Å². The van der Waals surface area contributed by atoms with Crippen LogP contribution in [0.2, 0.25) is 0 Å². The van der Waals surface area contributed by atoms with E-state index in [-0.39, 0.29) is 11.8 Å². The molecular weight excluding hydrogens is 350 g/mol. The molecule has 0 saturated carbocycles. The number of rotatable bonds is 5. The van der Waals surface area contributed by atoms with Crippen LogP contribution in [0.5, 0.6) is 0 Å². The smallest absolute Gasteiger partial charge is 0.331 e. The van der Waals surface area contributed by atoms with Crippen molar-refractivity contribution in [3.05, 3.63) is 24.3 Å². The molecule has 2 heterocycles. The number of methoxy groups -OCH3 is 1. The van der Waals surface area contributed by atoms with E-state index in [0.29, 0.717) is 13.0 Å². The molecule has 1 aliphatic rings. The minimum Gasteiger partial charge on any atom is -0.467 e. The molecule has 1 aromatic heterocycles. The van der Waals surface area contributed by atoms with Crippen molar-refractivity contribution in [2.75, 3.05) is 25.1 Å². The van der Waals surface area contributed by atoms with Crippen molar-refractivity contribution < 1.29 is 14.3 Å². The second-order valence-electron chi connectivity index (χ2n) is 6.92. The number of nitrogens with one attached hydrogen (secondary N) is 1. The molecule has 7 heteroatoms. The first-order valence-corrected chi connectivity index (χ1v) is 9.79. The van der Waals surface area contributed by atoms with E-state index < -0.39 is 11.5 Å². The Balaban J connectivity index is 1.71. The van der Waals surface area contributed by atoms with Gasteiger partial charge in [0, 0.05) is 13.1 Å². The van der Waals surface area contributed by atoms with Crippen LogP contribution in [0.3, 0.4) is 0 Å². The molecule has 0 spiro atoms. The number of benzene rings is 1. The molecule has 0 radical (unpaired) electrons. The van der Waals surface area contributed by atoms with Crippen LogP contribution < -0.4 is 10.2 Å². The highest BCUT2D eigenvalue weighted by Crippen LogP contribution is 2.31. The molecule has 2 aromatic rings. The summed E-state index contributed by atoms with van der Waals surface area (Å²) in [5.74, 6) is -0.663. The van der Waals surface area contributed by atoms with Gasteiger partial charge in [0.15, 0.2) is 5.13 Å². The Morgan fingerprint density at radius 3 is 2.88 bits per heavy atom. The van der Waals surface area contributed by atoms with Crippen molar-refractivity contribution >= 4 is 38.6 Å². The second kappa shape index (κ2) is 7.61. The first-order chi connectivity index (χ1) is 12.5. The monoisotopic (exact) mass is 375 g/mol. The lowest BCUT2D eigenvalue weighted by molar-refractivity contribution is -0.151. The Kier molecular flexibility index (Phi) is 5.46. The van der Waals surface area contributed by atoms with Crippen molar-refractivity contribution in [1.29, 1.82) is 0 Å². The van der Waals surface area contributed by atoms with Gasteiger partial charge in [-0.2, -0.15) is 0 Å². The summed E-state index contributed by atoms with van der Waals surface area (Å²) in [6.45, 7) is 5.09. The Bertz CT molecular complexity index is 773. The van der Waals surface area contributed by atoms with Gasteiger partial charge >= 0.3 is 5.97 Å². The minimum atomic E-state index is -0.982. The van der Waals surface area contributed by atoms with Crippen molar-refractivity contribution in [2.45, 2.75) is 38.6 Å². The number of fused-ring (bicyclic) bond motifs is 1. The number of anilines is 1. The number of hydrogen-bond acceptors (Lipinski definition) is 6. The predicted octanol–water partition coefficient (Wildman–Crippen LogP) is 2.97. The van der Waals surface area contributed by atoms with Crippen LogP contribution in [0, 0.1) is 5.92 Å². The number of nitrogens with zero attached hydrogens (tertiary/aromatic N) is 2. The number of amides is 1. The summed E-state index contributed by atoms with van der Waals surface area (Å²) in [7, 11) is 1.35. The van der Waals surface area contributed by atoms with Gasteiger partial charge in [-0.05, 0) is 38.3 Å². The third kappa shape index (κ3) is 3.67. The van der Waals surface area contributed by atoms with E-state index in [0.717, 1.165) is 34.7 Å². The molecule has 1 saturated heterocycles. The SMILES string of the molecule is CCC(C)(NC(=O)C1CCCN(c2nc3ccccc3s2)C1)C(=O)OC. The number of piperidine rings is 1. The summed E-state index contributed by atoms with van der Waals surface area (Å²) in [4.78, 5) is 31.7. The highest BCUT2D eigenvalue weighted by molar-refractivity contribution is 7.22. The first-order valence-electron chi connectivity index (χ1n) is 8.98. The number of para-hydroxylation sites is 1. The molecule has 3 rings (SSSR count). The highest BCUT2D eigenvalue weighted by atomic mass is 32.1. The van der Waals surface area contributed by atoms with Crippen molar-refractivity contribution in [3.63, 3.8) is 0 Å². The van der Waals surface area contributed by atoms with Crippen molar-refractivity contribution in [1.82, 2.24) is 10.3 Å². The van der Waals surface area contributed by atoms with Crippen LogP contribution in [0.4, 0.5) is 5.13 Å². The number of esters is 1. The lowest BCUT2D eigenvalue weighted by atomic mass is 9.93. The number of thiazole rings is 1. The molecule has 2 unspecified atom stereocenters. The van der Waals surface area contributed by atoms with Gasteiger partial charge in [-0.15, -0.1) is 0 Å². The summed E-state index contributed by atoms with van der Waals surface area (Å²) in [5, 5.41) is 3.86. The Hall–Kier alpha value is -2.15. The quantitative estimate of drug-likeness (QED) is 0.814. The molecule has 1 N–H and O–H groups in total. The molecule has 140 valence electrons. The fourth-order valence-electron chi connectivity index (χ4n) is 3.24. The van der Waals surface area contributed by atoms with Crippen molar-refractivity contribution in [3.8, 4) is 0 Å². The molecular formula is C19H25N3O3S. The Morgan fingerprint density at radius 2 is 2.19 bits per heavy atom. The van der Waals surface area contributed by atoms with E-state index in [1.807, 2.05) is 25.1 Å². The maximum Gasteiger partial charge on any atom is 0.331 e. The third-order valence-corrected chi connectivity index (χ3v) is 6.18. The van der Waals surface area contributed by atoms with E-state index in [1.54, 1.807) is 18.3 Å². The number of ether oxygens (including phenoxy) is 1. The van der Waals surface area contributed by atoms with Crippen LogP contribution in [-0.4, -0.2) is 42.6 Å². The molecule has 0 bridgehead atoms. The minimum absolute atomic E-state index is 0.0921. The van der Waals surface area contributed by atoms with Crippen LogP contribution in [0.15, 0.2) is 24.3 Å². The van der Waals surface area contributed by atoms with E-state index >= 15 is 0 Å². The number of aromatic nitrogens is 1. The predicted molar refractivity (Wildman–Crippen MR) is 103 cm³/mol. The zero-order valence-electron chi connectivity index (χ0n) is 15.4. The van der Waals surface area contributed by atoms with Crippen LogP contribution in [-0.2, 0) is 14.3 Å². The topological polar surface area (TPSA) is 71.5 Å². The van der Waals surface area contributed by atoms with Gasteiger partial charge in [-0.1, -0.05) is 30.4 Å². The third-order valence-electron chi connectivity index (χ3n) is 5.09. The lowest BCUT2D eigenvalue weighted by Gasteiger charge is -2.34. The molecule has 1 amide bonds. The van der Waals surface area contributed by atoms with Crippen LogP contribution >= 0.6 is 11.3 Å². The molecule has 0 aliphatic carbocycles. The zero-order chi connectivity index (χ0) is 18.7.